The van der Waals surface area contributed by atoms with Crippen LogP contribution in [-0.4, -0.2) is 22.5 Å². The highest BCUT2D eigenvalue weighted by molar-refractivity contribution is 5.60. The molecule has 0 amide bonds. The van der Waals surface area contributed by atoms with E-state index in [4.69, 9.17) is 0 Å². The average Bonchev–Trinajstić information content (AvgIpc) is 2.93. The Morgan fingerprint density at radius 3 is 2.75 bits per heavy atom. The van der Waals surface area contributed by atoms with Crippen LogP contribution < -0.4 is 10.6 Å². The first-order valence-electron chi connectivity index (χ1n) is 7.27. The zero-order chi connectivity index (χ0) is 14.5. The molecule has 1 saturated carbocycles. The average molecular weight is 278 g/mol. The van der Waals surface area contributed by atoms with Crippen molar-refractivity contribution >= 4 is 17.3 Å². The summed E-state index contributed by atoms with van der Waals surface area (Å²) in [5.74, 6) is 1.62. The molecule has 110 valence electrons. The molecule has 0 aromatic carbocycles. The molecule has 20 heavy (non-hydrogen) atoms. The minimum absolute atomic E-state index is 0.0384. The fourth-order valence-electron chi connectivity index (χ4n) is 2.78. The van der Waals surface area contributed by atoms with Crippen LogP contribution >= 0.6 is 0 Å². The van der Waals surface area contributed by atoms with Gasteiger partial charge in [0.05, 0.1) is 4.92 Å². The van der Waals surface area contributed by atoms with Crippen LogP contribution in [0.1, 0.15) is 39.5 Å². The number of hydrogen-bond donors (Lipinski definition) is 2. The molecular formula is C14H22N4O2. The molecule has 0 aliphatic heterocycles. The third-order valence-corrected chi connectivity index (χ3v) is 3.90. The lowest BCUT2D eigenvalue weighted by Crippen LogP contribution is -2.25. The van der Waals surface area contributed by atoms with Crippen molar-refractivity contribution in [2.24, 2.45) is 5.92 Å². The normalized spacial score (nSPS) is 16.9. The first kappa shape index (κ1) is 14.6. The fraction of sp³-hybridized carbons (Fsp3) is 0.643. The van der Waals surface area contributed by atoms with Crippen LogP contribution in [0.15, 0.2) is 12.1 Å². The van der Waals surface area contributed by atoms with E-state index in [-0.39, 0.29) is 16.7 Å². The number of nitro groups is 1. The molecule has 0 spiro atoms. The van der Waals surface area contributed by atoms with Gasteiger partial charge in [0.1, 0.15) is 5.82 Å². The summed E-state index contributed by atoms with van der Waals surface area (Å²) >= 11 is 0. The molecule has 0 saturated heterocycles. The maximum absolute atomic E-state index is 11.1. The number of rotatable bonds is 6. The second kappa shape index (κ2) is 6.54. The van der Waals surface area contributed by atoms with Gasteiger partial charge in [-0.1, -0.05) is 12.8 Å². The number of nitrogens with one attached hydrogen (secondary N) is 2. The number of nitrogens with zero attached hydrogens (tertiary/aromatic N) is 2. The SMILES string of the molecule is CCNc1ccc([N+](=O)[O-])c(NC(C)C2CCCC2)n1. The molecule has 1 fully saturated rings. The van der Waals surface area contributed by atoms with E-state index in [0.717, 1.165) is 6.54 Å². The summed E-state index contributed by atoms with van der Waals surface area (Å²) < 4.78 is 0. The lowest BCUT2D eigenvalue weighted by Gasteiger charge is -2.21. The number of pyridine rings is 1. The number of aromatic nitrogens is 1. The first-order chi connectivity index (χ1) is 9.61. The van der Waals surface area contributed by atoms with Crippen LogP contribution in [0.5, 0.6) is 0 Å². The highest BCUT2D eigenvalue weighted by atomic mass is 16.6. The molecule has 1 aromatic rings. The molecule has 6 nitrogen and oxygen atoms in total. The summed E-state index contributed by atoms with van der Waals surface area (Å²) in [5.41, 5.74) is 0.0384. The van der Waals surface area contributed by atoms with Gasteiger partial charge in [0.25, 0.3) is 0 Å². The quantitative estimate of drug-likeness (QED) is 0.615. The lowest BCUT2D eigenvalue weighted by molar-refractivity contribution is -0.384. The van der Waals surface area contributed by atoms with E-state index < -0.39 is 0 Å². The van der Waals surface area contributed by atoms with Crippen LogP contribution in [0.3, 0.4) is 0 Å². The van der Waals surface area contributed by atoms with E-state index in [9.17, 15) is 10.1 Å². The van der Waals surface area contributed by atoms with Gasteiger partial charge in [0, 0.05) is 18.7 Å². The number of anilines is 2. The minimum Gasteiger partial charge on any atom is -0.370 e. The van der Waals surface area contributed by atoms with Gasteiger partial charge >= 0.3 is 5.69 Å². The third-order valence-electron chi connectivity index (χ3n) is 3.90. The highest BCUT2D eigenvalue weighted by Crippen LogP contribution is 2.31. The van der Waals surface area contributed by atoms with Crippen LogP contribution in [0.4, 0.5) is 17.3 Å². The molecule has 1 atom stereocenters. The van der Waals surface area contributed by atoms with E-state index in [1.54, 1.807) is 6.07 Å². The van der Waals surface area contributed by atoms with Crippen molar-refractivity contribution in [3.63, 3.8) is 0 Å². The van der Waals surface area contributed by atoms with E-state index in [0.29, 0.717) is 17.6 Å². The van der Waals surface area contributed by atoms with Crippen molar-refractivity contribution in [3.8, 4) is 0 Å². The Morgan fingerprint density at radius 2 is 2.15 bits per heavy atom. The molecule has 1 unspecified atom stereocenters. The summed E-state index contributed by atoms with van der Waals surface area (Å²) in [7, 11) is 0. The maximum Gasteiger partial charge on any atom is 0.311 e. The summed E-state index contributed by atoms with van der Waals surface area (Å²) in [4.78, 5) is 15.0. The van der Waals surface area contributed by atoms with Gasteiger partial charge in [-0.15, -0.1) is 0 Å². The highest BCUT2D eigenvalue weighted by Gasteiger charge is 2.24. The Bertz CT molecular complexity index is 472. The van der Waals surface area contributed by atoms with Crippen LogP contribution in [0.2, 0.25) is 0 Å². The van der Waals surface area contributed by atoms with E-state index in [1.807, 2.05) is 6.92 Å². The Labute approximate surface area is 119 Å². The predicted molar refractivity (Wildman–Crippen MR) is 80.1 cm³/mol. The summed E-state index contributed by atoms with van der Waals surface area (Å²) in [6.45, 7) is 4.79. The van der Waals surface area contributed by atoms with Gasteiger partial charge in [0.15, 0.2) is 0 Å². The zero-order valence-electron chi connectivity index (χ0n) is 12.1. The van der Waals surface area contributed by atoms with Gasteiger partial charge in [-0.05, 0) is 38.7 Å². The smallest absolute Gasteiger partial charge is 0.311 e. The van der Waals surface area contributed by atoms with Gasteiger partial charge in [-0.3, -0.25) is 10.1 Å². The van der Waals surface area contributed by atoms with E-state index in [1.165, 1.54) is 31.7 Å². The summed E-state index contributed by atoms with van der Waals surface area (Å²) in [5, 5.41) is 17.4. The second-order valence-electron chi connectivity index (χ2n) is 5.33. The second-order valence-corrected chi connectivity index (χ2v) is 5.33. The molecule has 6 heteroatoms. The molecule has 0 radical (unpaired) electrons. The van der Waals surface area contributed by atoms with Crippen LogP contribution in [0.25, 0.3) is 0 Å². The predicted octanol–water partition coefficient (Wildman–Crippen LogP) is 3.41. The van der Waals surface area contributed by atoms with Crippen molar-refractivity contribution in [3.05, 3.63) is 22.2 Å². The van der Waals surface area contributed by atoms with Crippen molar-refractivity contribution in [2.45, 2.75) is 45.6 Å². The van der Waals surface area contributed by atoms with Crippen LogP contribution in [0, 0.1) is 16.0 Å². The Balaban J connectivity index is 2.17. The molecular weight excluding hydrogens is 256 g/mol. The van der Waals surface area contributed by atoms with Gasteiger partial charge in [0.2, 0.25) is 5.82 Å². The van der Waals surface area contributed by atoms with Crippen molar-refractivity contribution in [2.75, 3.05) is 17.2 Å². The molecule has 2 rings (SSSR count). The van der Waals surface area contributed by atoms with Crippen molar-refractivity contribution in [1.29, 1.82) is 0 Å². The van der Waals surface area contributed by atoms with Crippen LogP contribution in [-0.2, 0) is 0 Å². The largest absolute Gasteiger partial charge is 0.370 e. The topological polar surface area (TPSA) is 80.1 Å². The molecule has 1 aliphatic carbocycles. The Hall–Kier alpha value is -1.85. The third kappa shape index (κ3) is 3.37. The standard InChI is InChI=1S/C14H22N4O2/c1-3-15-13-9-8-12(18(19)20)14(17-13)16-10(2)11-6-4-5-7-11/h8-11H,3-7H2,1-2H3,(H2,15,16,17). The summed E-state index contributed by atoms with van der Waals surface area (Å²) in [6, 6.07) is 3.36. The zero-order valence-corrected chi connectivity index (χ0v) is 12.1. The Kier molecular flexibility index (Phi) is 4.76. The van der Waals surface area contributed by atoms with Crippen molar-refractivity contribution < 1.29 is 4.92 Å². The first-order valence-corrected chi connectivity index (χ1v) is 7.27. The molecule has 0 bridgehead atoms. The number of hydrogen-bond acceptors (Lipinski definition) is 5. The van der Waals surface area contributed by atoms with Gasteiger partial charge < -0.3 is 10.6 Å². The molecule has 1 heterocycles. The van der Waals surface area contributed by atoms with E-state index >= 15 is 0 Å². The Morgan fingerprint density at radius 1 is 1.45 bits per heavy atom. The minimum atomic E-state index is -0.383. The monoisotopic (exact) mass is 278 g/mol. The lowest BCUT2D eigenvalue weighted by atomic mass is 10.00. The summed E-state index contributed by atoms with van der Waals surface area (Å²) in [6.07, 6.45) is 4.89. The molecule has 1 aromatic heterocycles. The maximum atomic E-state index is 11.1. The van der Waals surface area contributed by atoms with Gasteiger partial charge in [-0.25, -0.2) is 4.98 Å². The fourth-order valence-corrected chi connectivity index (χ4v) is 2.78. The molecule has 2 N–H and O–H groups in total. The van der Waals surface area contributed by atoms with E-state index in [2.05, 4.69) is 22.5 Å². The van der Waals surface area contributed by atoms with Crippen molar-refractivity contribution in [1.82, 2.24) is 4.98 Å². The molecule has 1 aliphatic rings. The van der Waals surface area contributed by atoms with Gasteiger partial charge in [-0.2, -0.15) is 0 Å².